The van der Waals surface area contributed by atoms with Gasteiger partial charge >= 0.3 is 6.18 Å². The first-order valence-corrected chi connectivity index (χ1v) is 10.2. The summed E-state index contributed by atoms with van der Waals surface area (Å²) >= 11 is 0. The number of non-ortho nitro benzene ring substituents is 1. The molecule has 4 rings (SSSR count). The fraction of sp³-hybridized carbons (Fsp3) is 0.174. The fourth-order valence-electron chi connectivity index (χ4n) is 3.64. The lowest BCUT2D eigenvalue weighted by Gasteiger charge is -2.12. The first-order chi connectivity index (χ1) is 16.4. The summed E-state index contributed by atoms with van der Waals surface area (Å²) in [5.74, 6) is -1.30. The third-order valence-corrected chi connectivity index (χ3v) is 5.40. The number of carbonyl (C=O) groups is 1. The number of alkyl halides is 3. The summed E-state index contributed by atoms with van der Waals surface area (Å²) in [7, 11) is 0. The molecule has 0 atom stereocenters. The van der Waals surface area contributed by atoms with Crippen LogP contribution in [0, 0.1) is 29.8 Å². The van der Waals surface area contributed by atoms with Crippen LogP contribution < -0.4 is 5.32 Å². The second kappa shape index (κ2) is 8.78. The number of anilines is 1. The van der Waals surface area contributed by atoms with Crippen molar-refractivity contribution in [2.24, 2.45) is 0 Å². The second-order valence-electron chi connectivity index (χ2n) is 7.80. The van der Waals surface area contributed by atoms with Gasteiger partial charge in [0.25, 0.3) is 11.6 Å². The van der Waals surface area contributed by atoms with Crippen molar-refractivity contribution in [3.05, 3.63) is 92.7 Å². The van der Waals surface area contributed by atoms with E-state index >= 15 is 0 Å². The minimum absolute atomic E-state index is 0.0984. The Morgan fingerprint density at radius 2 is 1.80 bits per heavy atom. The quantitative estimate of drug-likeness (QED) is 0.230. The highest BCUT2D eigenvalue weighted by Gasteiger charge is 2.34. The zero-order valence-electron chi connectivity index (χ0n) is 18.4. The molecular weight excluding hydrogens is 470 g/mol. The van der Waals surface area contributed by atoms with Gasteiger partial charge in [0.05, 0.1) is 39.6 Å². The largest absolute Gasteiger partial charge is 0.433 e. The molecule has 12 heteroatoms. The number of hydrogen-bond acceptors (Lipinski definition) is 5. The number of rotatable bonds is 5. The summed E-state index contributed by atoms with van der Waals surface area (Å²) in [6.45, 7) is 3.54. The maximum Gasteiger partial charge on any atom is 0.433 e. The van der Waals surface area contributed by atoms with Crippen LogP contribution in [-0.4, -0.2) is 25.6 Å². The number of benzene rings is 2. The van der Waals surface area contributed by atoms with Crippen LogP contribution in [0.15, 0.2) is 48.5 Å². The normalized spacial score (nSPS) is 11.6. The number of nitrogens with zero attached hydrogens (tertiary/aromatic N) is 4. The van der Waals surface area contributed by atoms with E-state index in [2.05, 4.69) is 15.4 Å². The number of aromatic nitrogens is 3. The first-order valence-electron chi connectivity index (χ1n) is 10.2. The predicted octanol–water partition coefficient (Wildman–Crippen LogP) is 5.41. The average molecular weight is 487 g/mol. The number of nitro benzene ring substituents is 1. The molecule has 0 saturated carbocycles. The van der Waals surface area contributed by atoms with E-state index in [-0.39, 0.29) is 23.1 Å². The van der Waals surface area contributed by atoms with Crippen LogP contribution in [0.4, 0.5) is 28.9 Å². The molecule has 1 N–H and O–H groups in total. The fourth-order valence-corrected chi connectivity index (χ4v) is 3.64. The highest BCUT2D eigenvalue weighted by molar-refractivity contribution is 6.13. The lowest BCUT2D eigenvalue weighted by atomic mass is 10.1. The van der Waals surface area contributed by atoms with E-state index in [0.717, 1.165) is 23.8 Å². The smallest absolute Gasteiger partial charge is 0.319 e. The SMILES string of the molecule is Cc1nn(Cc2ccc(F)cc2)c(C)c1NC(=O)c1cc(C(F)(F)F)nc2ccc([N+](=O)[O-])cc12. The number of aryl methyl sites for hydroxylation is 1. The van der Waals surface area contributed by atoms with Gasteiger partial charge in [-0.1, -0.05) is 12.1 Å². The Balaban J connectivity index is 1.74. The summed E-state index contributed by atoms with van der Waals surface area (Å²) < 4.78 is 55.0. The van der Waals surface area contributed by atoms with E-state index in [1.807, 2.05) is 0 Å². The molecule has 180 valence electrons. The van der Waals surface area contributed by atoms with Gasteiger partial charge in [0.2, 0.25) is 0 Å². The van der Waals surface area contributed by atoms with Gasteiger partial charge in [-0.2, -0.15) is 18.3 Å². The van der Waals surface area contributed by atoms with Crippen LogP contribution in [0.2, 0.25) is 0 Å². The molecule has 2 heterocycles. The molecule has 0 bridgehead atoms. The molecule has 1 amide bonds. The molecule has 0 spiro atoms. The lowest BCUT2D eigenvalue weighted by Crippen LogP contribution is -2.17. The van der Waals surface area contributed by atoms with Crippen molar-refractivity contribution in [3.8, 4) is 0 Å². The van der Waals surface area contributed by atoms with Gasteiger partial charge in [0.1, 0.15) is 11.5 Å². The molecule has 0 aliphatic carbocycles. The van der Waals surface area contributed by atoms with E-state index in [0.29, 0.717) is 17.5 Å². The zero-order valence-corrected chi connectivity index (χ0v) is 18.4. The first kappa shape index (κ1) is 23.8. The van der Waals surface area contributed by atoms with Gasteiger partial charge in [-0.05, 0) is 43.7 Å². The third kappa shape index (κ3) is 4.81. The second-order valence-corrected chi connectivity index (χ2v) is 7.80. The van der Waals surface area contributed by atoms with Gasteiger partial charge in [-0.15, -0.1) is 0 Å². The summed E-state index contributed by atoms with van der Waals surface area (Å²) in [6.07, 6.45) is -4.84. The number of halogens is 4. The van der Waals surface area contributed by atoms with Gasteiger partial charge in [0.15, 0.2) is 0 Å². The van der Waals surface area contributed by atoms with E-state index in [4.69, 9.17) is 0 Å². The molecule has 2 aromatic heterocycles. The molecule has 0 radical (unpaired) electrons. The summed E-state index contributed by atoms with van der Waals surface area (Å²) in [5, 5.41) is 18.0. The molecule has 8 nitrogen and oxygen atoms in total. The average Bonchev–Trinajstić information content (AvgIpc) is 3.06. The Morgan fingerprint density at radius 3 is 2.43 bits per heavy atom. The van der Waals surface area contributed by atoms with Crippen molar-refractivity contribution >= 4 is 28.2 Å². The van der Waals surface area contributed by atoms with Crippen molar-refractivity contribution in [1.29, 1.82) is 0 Å². The topological polar surface area (TPSA) is 103 Å². The van der Waals surface area contributed by atoms with Crippen LogP contribution in [0.5, 0.6) is 0 Å². The molecule has 0 aliphatic rings. The Morgan fingerprint density at radius 1 is 1.11 bits per heavy atom. The van der Waals surface area contributed by atoms with Crippen LogP contribution >= 0.6 is 0 Å². The third-order valence-electron chi connectivity index (χ3n) is 5.40. The molecule has 0 saturated heterocycles. The number of carbonyl (C=O) groups excluding carboxylic acids is 1. The van der Waals surface area contributed by atoms with E-state index < -0.39 is 39.8 Å². The van der Waals surface area contributed by atoms with Crippen LogP contribution in [-0.2, 0) is 12.7 Å². The molecule has 0 fully saturated rings. The van der Waals surface area contributed by atoms with Gasteiger partial charge in [-0.25, -0.2) is 9.37 Å². The van der Waals surface area contributed by atoms with Gasteiger partial charge in [0, 0.05) is 17.5 Å². The standard InChI is InChI=1S/C23H17F4N5O3/c1-12-21(13(2)31(30-12)11-14-3-5-15(24)6-4-14)29-22(33)18-10-20(23(25,26)27)28-19-8-7-16(32(34)35)9-17(18)19/h3-10H,11H2,1-2H3,(H,29,33). The monoisotopic (exact) mass is 487 g/mol. The number of nitro groups is 1. The molecule has 35 heavy (non-hydrogen) atoms. The van der Waals surface area contributed by atoms with Crippen LogP contribution in [0.1, 0.15) is 33.0 Å². The number of amides is 1. The Kier molecular flexibility index (Phi) is 5.97. The number of hydrogen-bond donors (Lipinski definition) is 1. The highest BCUT2D eigenvalue weighted by atomic mass is 19.4. The van der Waals surface area contributed by atoms with Crippen molar-refractivity contribution < 1.29 is 27.3 Å². The minimum Gasteiger partial charge on any atom is -0.319 e. The molecular formula is C23H17F4N5O3. The van der Waals surface area contributed by atoms with Crippen molar-refractivity contribution in [3.63, 3.8) is 0 Å². The maximum absolute atomic E-state index is 13.4. The lowest BCUT2D eigenvalue weighted by molar-refractivity contribution is -0.384. The van der Waals surface area contributed by atoms with Gasteiger partial charge < -0.3 is 5.32 Å². The van der Waals surface area contributed by atoms with Crippen molar-refractivity contribution in [2.75, 3.05) is 5.32 Å². The summed E-state index contributed by atoms with van der Waals surface area (Å²) in [5.41, 5.74) is -0.388. The highest BCUT2D eigenvalue weighted by Crippen LogP contribution is 2.33. The van der Waals surface area contributed by atoms with Crippen molar-refractivity contribution in [1.82, 2.24) is 14.8 Å². The minimum atomic E-state index is -4.84. The number of fused-ring (bicyclic) bond motifs is 1. The van der Waals surface area contributed by atoms with Crippen molar-refractivity contribution in [2.45, 2.75) is 26.6 Å². The Labute approximate surface area is 195 Å². The van der Waals surface area contributed by atoms with Crippen LogP contribution in [0.3, 0.4) is 0 Å². The molecule has 4 aromatic rings. The van der Waals surface area contributed by atoms with Gasteiger partial charge in [-0.3, -0.25) is 19.6 Å². The molecule has 2 aromatic carbocycles. The number of pyridine rings is 1. The Bertz CT molecular complexity index is 1460. The van der Waals surface area contributed by atoms with E-state index in [1.165, 1.54) is 12.1 Å². The van der Waals surface area contributed by atoms with E-state index in [9.17, 15) is 32.5 Å². The van der Waals surface area contributed by atoms with E-state index in [1.54, 1.807) is 30.7 Å². The van der Waals surface area contributed by atoms with Crippen LogP contribution in [0.25, 0.3) is 10.9 Å². The zero-order chi connectivity index (χ0) is 25.5. The summed E-state index contributed by atoms with van der Waals surface area (Å²) in [6, 6.07) is 9.43. The summed E-state index contributed by atoms with van der Waals surface area (Å²) in [4.78, 5) is 27.1. The maximum atomic E-state index is 13.4. The molecule has 0 aliphatic heterocycles. The predicted molar refractivity (Wildman–Crippen MR) is 119 cm³/mol. The number of nitrogens with one attached hydrogen (secondary N) is 1. The Hall–Kier alpha value is -4.35. The molecule has 0 unspecified atom stereocenters.